The molecular formula is C8H18BN2O. The van der Waals surface area contributed by atoms with Gasteiger partial charge in [-0.1, -0.05) is 39.9 Å². The Hall–Kier alpha value is -0.505. The van der Waals surface area contributed by atoms with E-state index in [2.05, 4.69) is 19.3 Å². The maximum atomic E-state index is 11.2. The quantitative estimate of drug-likeness (QED) is 0.286. The molecule has 0 heterocycles. The van der Waals surface area contributed by atoms with Crippen molar-refractivity contribution in [2.75, 3.05) is 0 Å². The zero-order valence-corrected chi connectivity index (χ0v) is 8.35. The lowest BCUT2D eigenvalue weighted by Gasteiger charge is -2.24. The van der Waals surface area contributed by atoms with E-state index in [1.165, 1.54) is 0 Å². The minimum absolute atomic E-state index is 0.136. The first-order valence-corrected chi connectivity index (χ1v) is 4.31. The number of hydrogen-bond donors (Lipinski definition) is 2. The normalized spacial score (nSPS) is 13.8. The molecule has 0 fully saturated rings. The Labute approximate surface area is 75.3 Å². The van der Waals surface area contributed by atoms with Crippen LogP contribution in [0, 0.1) is 0 Å². The molecule has 0 saturated carbocycles. The summed E-state index contributed by atoms with van der Waals surface area (Å²) in [6.07, 6.45) is 1.04. The Morgan fingerprint density at radius 1 is 1.67 bits per heavy atom. The van der Waals surface area contributed by atoms with E-state index in [1.807, 2.05) is 21.1 Å². The minimum Gasteiger partial charge on any atom is -0.294 e. The standard InChI is InChI=1S/C8H18BN2O/c1-5-6(2)9-8(3,4)7(12)11-10/h6H,5,10H2,1-4H3,(H,11,12). The fourth-order valence-corrected chi connectivity index (χ4v) is 1.09. The highest BCUT2D eigenvalue weighted by Crippen LogP contribution is 2.28. The largest absolute Gasteiger partial charge is 0.294 e. The monoisotopic (exact) mass is 169 g/mol. The molecule has 0 aliphatic heterocycles. The molecule has 12 heavy (non-hydrogen) atoms. The second kappa shape index (κ2) is 4.50. The van der Waals surface area contributed by atoms with Gasteiger partial charge in [-0.05, 0) is 0 Å². The van der Waals surface area contributed by atoms with Gasteiger partial charge in [0.25, 0.3) is 0 Å². The summed E-state index contributed by atoms with van der Waals surface area (Å²) in [6.45, 7) is 7.91. The Morgan fingerprint density at radius 3 is 2.50 bits per heavy atom. The maximum Gasteiger partial charge on any atom is 0.231 e. The molecule has 0 aliphatic rings. The first-order valence-electron chi connectivity index (χ1n) is 4.31. The highest BCUT2D eigenvalue weighted by molar-refractivity contribution is 6.48. The van der Waals surface area contributed by atoms with E-state index in [-0.39, 0.29) is 5.91 Å². The summed E-state index contributed by atoms with van der Waals surface area (Å²) in [6, 6.07) is 0. The Morgan fingerprint density at radius 2 is 2.17 bits per heavy atom. The molecule has 3 N–H and O–H groups in total. The van der Waals surface area contributed by atoms with Gasteiger partial charge in [-0.25, -0.2) is 5.84 Å². The highest BCUT2D eigenvalue weighted by atomic mass is 16.2. The van der Waals surface area contributed by atoms with Gasteiger partial charge in [0.05, 0.1) is 0 Å². The van der Waals surface area contributed by atoms with Crippen molar-refractivity contribution < 1.29 is 4.79 Å². The highest BCUT2D eigenvalue weighted by Gasteiger charge is 2.29. The van der Waals surface area contributed by atoms with E-state index in [0.29, 0.717) is 5.82 Å². The van der Waals surface area contributed by atoms with Gasteiger partial charge in [0, 0.05) is 5.31 Å². The molecule has 0 aromatic rings. The number of nitrogens with one attached hydrogen (secondary N) is 1. The summed E-state index contributed by atoms with van der Waals surface area (Å²) in [5.41, 5.74) is 2.16. The number of amides is 1. The van der Waals surface area contributed by atoms with Crippen LogP contribution in [0.1, 0.15) is 34.1 Å². The molecule has 0 spiro atoms. The molecule has 1 radical (unpaired) electrons. The second-order valence-electron chi connectivity index (χ2n) is 3.75. The van der Waals surface area contributed by atoms with Gasteiger partial charge in [0.15, 0.2) is 0 Å². The van der Waals surface area contributed by atoms with Crippen LogP contribution >= 0.6 is 0 Å². The summed E-state index contributed by atoms with van der Waals surface area (Å²) in [4.78, 5) is 11.2. The lowest BCUT2D eigenvalue weighted by molar-refractivity contribution is -0.123. The molecule has 0 aliphatic carbocycles. The van der Waals surface area contributed by atoms with Crippen LogP contribution in [0.2, 0.25) is 11.1 Å². The van der Waals surface area contributed by atoms with Gasteiger partial charge < -0.3 is 0 Å². The van der Waals surface area contributed by atoms with Crippen LogP contribution in [0.5, 0.6) is 0 Å². The minimum atomic E-state index is -0.468. The third-order valence-electron chi connectivity index (χ3n) is 2.06. The van der Waals surface area contributed by atoms with Crippen LogP contribution in [0.4, 0.5) is 0 Å². The molecule has 0 aromatic heterocycles. The van der Waals surface area contributed by atoms with Gasteiger partial charge in [-0.3, -0.25) is 10.2 Å². The van der Waals surface area contributed by atoms with Crippen molar-refractivity contribution in [3.05, 3.63) is 0 Å². The zero-order valence-electron chi connectivity index (χ0n) is 8.35. The van der Waals surface area contributed by atoms with Crippen molar-refractivity contribution in [3.63, 3.8) is 0 Å². The molecule has 0 bridgehead atoms. The van der Waals surface area contributed by atoms with Gasteiger partial charge >= 0.3 is 0 Å². The van der Waals surface area contributed by atoms with E-state index in [1.54, 1.807) is 0 Å². The summed E-state index contributed by atoms with van der Waals surface area (Å²) in [5, 5.41) is -0.468. The molecule has 3 nitrogen and oxygen atoms in total. The maximum absolute atomic E-state index is 11.2. The predicted octanol–water partition coefficient (Wildman–Crippen LogP) is 1.10. The van der Waals surface area contributed by atoms with Crippen LogP contribution in [0.25, 0.3) is 0 Å². The number of carbonyl (C=O) groups excluding carboxylic acids is 1. The van der Waals surface area contributed by atoms with Crippen molar-refractivity contribution in [1.29, 1.82) is 0 Å². The van der Waals surface area contributed by atoms with E-state index >= 15 is 0 Å². The third kappa shape index (κ3) is 3.26. The topological polar surface area (TPSA) is 55.1 Å². The number of hydrazine groups is 1. The Bertz CT molecular complexity index is 159. The first kappa shape index (κ1) is 11.5. The molecule has 69 valence electrons. The van der Waals surface area contributed by atoms with Crippen LogP contribution in [-0.2, 0) is 4.79 Å². The van der Waals surface area contributed by atoms with Gasteiger partial charge in [0.1, 0.15) is 7.28 Å². The van der Waals surface area contributed by atoms with Crippen LogP contribution < -0.4 is 11.3 Å². The molecule has 0 rings (SSSR count). The van der Waals surface area contributed by atoms with Crippen LogP contribution in [0.15, 0.2) is 0 Å². The van der Waals surface area contributed by atoms with Crippen molar-refractivity contribution in [2.24, 2.45) is 5.84 Å². The summed E-state index contributed by atoms with van der Waals surface area (Å²) >= 11 is 0. The Kier molecular flexibility index (Phi) is 4.31. The SMILES string of the molecule is CCC(C)[B]C(C)(C)C(=O)NN. The van der Waals surface area contributed by atoms with Gasteiger partial charge in [0.2, 0.25) is 5.91 Å². The lowest BCUT2D eigenvalue weighted by atomic mass is 9.46. The average molecular weight is 169 g/mol. The van der Waals surface area contributed by atoms with Crippen molar-refractivity contribution in [1.82, 2.24) is 5.43 Å². The van der Waals surface area contributed by atoms with Crippen molar-refractivity contribution in [3.8, 4) is 0 Å². The lowest BCUT2D eigenvalue weighted by Crippen LogP contribution is -2.40. The average Bonchev–Trinajstić information content (AvgIpc) is 2.02. The summed E-state index contributed by atoms with van der Waals surface area (Å²) in [7, 11) is 2.02. The zero-order chi connectivity index (χ0) is 9.78. The molecule has 1 unspecified atom stereocenters. The molecular weight excluding hydrogens is 151 g/mol. The third-order valence-corrected chi connectivity index (χ3v) is 2.06. The predicted molar refractivity (Wildman–Crippen MR) is 51.8 cm³/mol. The molecule has 1 amide bonds. The number of nitrogens with two attached hydrogens (primary N) is 1. The van der Waals surface area contributed by atoms with Crippen LogP contribution in [0.3, 0.4) is 0 Å². The smallest absolute Gasteiger partial charge is 0.231 e. The van der Waals surface area contributed by atoms with E-state index in [0.717, 1.165) is 6.42 Å². The molecule has 1 atom stereocenters. The van der Waals surface area contributed by atoms with E-state index in [4.69, 9.17) is 5.84 Å². The number of rotatable bonds is 4. The van der Waals surface area contributed by atoms with Gasteiger partial charge in [-0.2, -0.15) is 0 Å². The van der Waals surface area contributed by atoms with Crippen molar-refractivity contribution >= 4 is 13.2 Å². The summed E-state index contributed by atoms with van der Waals surface area (Å²) in [5.74, 6) is 5.36. The Balaban J connectivity index is 4.11. The number of carbonyl (C=O) groups is 1. The molecule has 4 heteroatoms. The van der Waals surface area contributed by atoms with Crippen molar-refractivity contribution in [2.45, 2.75) is 45.2 Å². The summed E-state index contributed by atoms with van der Waals surface area (Å²) < 4.78 is 0. The van der Waals surface area contributed by atoms with E-state index in [9.17, 15) is 4.79 Å². The fraction of sp³-hybridized carbons (Fsp3) is 0.875. The van der Waals surface area contributed by atoms with Gasteiger partial charge in [-0.15, -0.1) is 0 Å². The van der Waals surface area contributed by atoms with Crippen LogP contribution in [-0.4, -0.2) is 13.2 Å². The first-order chi connectivity index (χ1) is 5.44. The number of hydrogen-bond acceptors (Lipinski definition) is 2. The second-order valence-corrected chi connectivity index (χ2v) is 3.75. The molecule has 0 aromatic carbocycles. The van der Waals surface area contributed by atoms with E-state index < -0.39 is 5.31 Å². The fourth-order valence-electron chi connectivity index (χ4n) is 1.09. The molecule has 0 saturated heterocycles.